The molecule has 22 heavy (non-hydrogen) atoms. The molecule has 1 aromatic carbocycles. The molecule has 2 rings (SSSR count). The molecule has 1 saturated carbocycles. The van der Waals surface area contributed by atoms with Gasteiger partial charge in [-0.15, -0.1) is 0 Å². The molecule has 4 heteroatoms. The van der Waals surface area contributed by atoms with Crippen LogP contribution in [0.1, 0.15) is 54.9 Å². The first-order chi connectivity index (χ1) is 10.5. The van der Waals surface area contributed by atoms with Crippen molar-refractivity contribution in [1.82, 2.24) is 4.90 Å². The summed E-state index contributed by atoms with van der Waals surface area (Å²) in [5.41, 5.74) is 1.12. The molecule has 0 atom stereocenters. The average molecular weight is 303 g/mol. The minimum atomic E-state index is -0.942. The molecule has 0 bridgehead atoms. The molecule has 0 unspecified atom stereocenters. The monoisotopic (exact) mass is 303 g/mol. The van der Waals surface area contributed by atoms with Gasteiger partial charge in [0.25, 0.3) is 0 Å². The quantitative estimate of drug-likeness (QED) is 0.907. The third-order valence-electron chi connectivity index (χ3n) is 4.89. The van der Waals surface area contributed by atoms with Gasteiger partial charge in [-0.3, -0.25) is 4.79 Å². The van der Waals surface area contributed by atoms with Crippen molar-refractivity contribution < 1.29 is 14.7 Å². The Balaban J connectivity index is 1.90. The number of carbonyl (C=O) groups excluding carboxylic acids is 1. The number of hydrogen-bond acceptors (Lipinski definition) is 2. The van der Waals surface area contributed by atoms with Crippen LogP contribution in [0.15, 0.2) is 24.3 Å². The molecular weight excluding hydrogens is 278 g/mol. The normalized spacial score (nSPS) is 21.4. The zero-order valence-corrected chi connectivity index (χ0v) is 13.4. The molecule has 1 fully saturated rings. The van der Waals surface area contributed by atoms with Crippen LogP contribution < -0.4 is 0 Å². The highest BCUT2D eigenvalue weighted by atomic mass is 16.4. The third kappa shape index (κ3) is 4.09. The maximum Gasteiger partial charge on any atom is 0.335 e. The second-order valence-corrected chi connectivity index (χ2v) is 6.27. The van der Waals surface area contributed by atoms with Crippen molar-refractivity contribution in [1.29, 1.82) is 0 Å². The predicted octanol–water partition coefficient (Wildman–Crippen LogP) is 3.35. The second kappa shape index (κ2) is 7.43. The van der Waals surface area contributed by atoms with Gasteiger partial charge in [-0.2, -0.15) is 0 Å². The first-order valence-corrected chi connectivity index (χ1v) is 8.09. The highest BCUT2D eigenvalue weighted by Crippen LogP contribution is 2.29. The van der Waals surface area contributed by atoms with Gasteiger partial charge in [0, 0.05) is 13.1 Å². The van der Waals surface area contributed by atoms with Crippen LogP contribution in [-0.4, -0.2) is 35.0 Å². The molecule has 0 aromatic heterocycles. The van der Waals surface area contributed by atoms with Crippen LogP contribution in [-0.2, 0) is 11.2 Å². The summed E-state index contributed by atoms with van der Waals surface area (Å²) in [6, 6.07) is 6.91. The van der Waals surface area contributed by atoms with Crippen molar-refractivity contribution >= 4 is 11.9 Å². The summed E-state index contributed by atoms with van der Waals surface area (Å²) in [6.45, 7) is 2.24. The number of rotatable bonds is 5. The van der Waals surface area contributed by atoms with E-state index in [-0.39, 0.29) is 11.5 Å². The molecule has 0 radical (unpaired) electrons. The van der Waals surface area contributed by atoms with Crippen molar-refractivity contribution in [2.24, 2.45) is 5.92 Å². The number of carboxylic acids is 1. The molecule has 1 aliphatic carbocycles. The van der Waals surface area contributed by atoms with Crippen molar-refractivity contribution in [2.75, 3.05) is 7.05 Å². The number of hydrogen-bond donors (Lipinski definition) is 1. The van der Waals surface area contributed by atoms with E-state index in [2.05, 4.69) is 6.92 Å². The number of carboxylic acid groups (broad SMARTS) is 1. The highest BCUT2D eigenvalue weighted by Gasteiger charge is 2.25. The maximum absolute atomic E-state index is 12.4. The number of likely N-dealkylation sites (N-methyl/N-ethyl adjacent to an activating group) is 1. The van der Waals surface area contributed by atoms with E-state index >= 15 is 0 Å². The molecule has 0 spiro atoms. The van der Waals surface area contributed by atoms with Crippen molar-refractivity contribution in [3.8, 4) is 0 Å². The van der Waals surface area contributed by atoms with Crippen molar-refractivity contribution in [3.63, 3.8) is 0 Å². The smallest absolute Gasteiger partial charge is 0.335 e. The average Bonchev–Trinajstić information content (AvgIpc) is 2.54. The summed E-state index contributed by atoms with van der Waals surface area (Å²) in [7, 11) is 1.89. The van der Waals surface area contributed by atoms with Gasteiger partial charge in [0.15, 0.2) is 0 Å². The van der Waals surface area contributed by atoms with E-state index in [0.717, 1.165) is 24.3 Å². The first-order valence-electron chi connectivity index (χ1n) is 8.09. The summed E-state index contributed by atoms with van der Waals surface area (Å²) in [6.07, 6.45) is 6.19. The molecule has 0 aliphatic heterocycles. The van der Waals surface area contributed by atoms with E-state index in [1.54, 1.807) is 24.3 Å². The zero-order valence-electron chi connectivity index (χ0n) is 13.4. The van der Waals surface area contributed by atoms with E-state index < -0.39 is 5.97 Å². The Labute approximate surface area is 132 Å². The Hall–Kier alpha value is -1.84. The molecule has 0 saturated heterocycles. The Morgan fingerprint density at radius 2 is 1.73 bits per heavy atom. The predicted molar refractivity (Wildman–Crippen MR) is 85.9 cm³/mol. The van der Waals surface area contributed by atoms with Gasteiger partial charge in [0.1, 0.15) is 0 Å². The largest absolute Gasteiger partial charge is 0.478 e. The lowest BCUT2D eigenvalue weighted by molar-refractivity contribution is -0.132. The fourth-order valence-corrected chi connectivity index (χ4v) is 3.21. The van der Waals surface area contributed by atoms with Crippen LogP contribution in [0.3, 0.4) is 0 Å². The van der Waals surface area contributed by atoms with Crippen LogP contribution in [0.4, 0.5) is 0 Å². The standard InChI is InChI=1S/C18H25NO3/c1-3-13-6-10-16(11-7-13)19(2)17(20)12-14-4-8-15(9-5-14)18(21)22/h4-5,8-9,13,16H,3,6-7,10-12H2,1-2H3,(H,21,22). The molecule has 1 aliphatic rings. The lowest BCUT2D eigenvalue weighted by Gasteiger charge is -2.34. The minimum Gasteiger partial charge on any atom is -0.478 e. The number of aromatic carboxylic acids is 1. The molecule has 4 nitrogen and oxygen atoms in total. The van der Waals surface area contributed by atoms with E-state index in [4.69, 9.17) is 5.11 Å². The van der Waals surface area contributed by atoms with Crippen LogP contribution in [0, 0.1) is 5.92 Å². The van der Waals surface area contributed by atoms with Crippen LogP contribution in [0.5, 0.6) is 0 Å². The number of benzene rings is 1. The fourth-order valence-electron chi connectivity index (χ4n) is 3.21. The maximum atomic E-state index is 12.4. The van der Waals surface area contributed by atoms with E-state index in [1.807, 2.05) is 11.9 Å². The Kier molecular flexibility index (Phi) is 5.58. The van der Waals surface area contributed by atoms with Gasteiger partial charge in [0.2, 0.25) is 5.91 Å². The minimum absolute atomic E-state index is 0.114. The molecule has 1 N–H and O–H groups in total. The third-order valence-corrected chi connectivity index (χ3v) is 4.89. The number of nitrogens with zero attached hydrogens (tertiary/aromatic N) is 1. The van der Waals surface area contributed by atoms with Crippen LogP contribution in [0.2, 0.25) is 0 Å². The van der Waals surface area contributed by atoms with E-state index in [9.17, 15) is 9.59 Å². The summed E-state index contributed by atoms with van der Waals surface area (Å²) >= 11 is 0. The Bertz CT molecular complexity index is 516. The van der Waals surface area contributed by atoms with E-state index in [0.29, 0.717) is 12.5 Å². The number of carbonyl (C=O) groups is 2. The Morgan fingerprint density at radius 1 is 1.14 bits per heavy atom. The van der Waals surface area contributed by atoms with Crippen molar-refractivity contribution in [3.05, 3.63) is 35.4 Å². The van der Waals surface area contributed by atoms with Gasteiger partial charge in [-0.25, -0.2) is 4.79 Å². The topological polar surface area (TPSA) is 57.6 Å². The molecule has 0 heterocycles. The van der Waals surface area contributed by atoms with Crippen LogP contribution in [0.25, 0.3) is 0 Å². The summed E-state index contributed by atoms with van der Waals surface area (Å²) in [5, 5.41) is 8.88. The zero-order chi connectivity index (χ0) is 16.1. The molecular formula is C18H25NO3. The molecule has 120 valence electrons. The molecule has 1 amide bonds. The summed E-state index contributed by atoms with van der Waals surface area (Å²) in [5.74, 6) is -0.00554. The van der Waals surface area contributed by atoms with Crippen molar-refractivity contribution in [2.45, 2.75) is 51.5 Å². The number of amides is 1. The lowest BCUT2D eigenvalue weighted by atomic mass is 9.84. The van der Waals surface area contributed by atoms with E-state index in [1.165, 1.54) is 19.3 Å². The van der Waals surface area contributed by atoms with Gasteiger partial charge >= 0.3 is 5.97 Å². The summed E-state index contributed by atoms with van der Waals surface area (Å²) < 4.78 is 0. The van der Waals surface area contributed by atoms with Gasteiger partial charge in [-0.1, -0.05) is 25.5 Å². The van der Waals surface area contributed by atoms with Gasteiger partial charge < -0.3 is 10.0 Å². The van der Waals surface area contributed by atoms with Gasteiger partial charge in [-0.05, 0) is 49.3 Å². The summed E-state index contributed by atoms with van der Waals surface area (Å²) in [4.78, 5) is 25.1. The fraction of sp³-hybridized carbons (Fsp3) is 0.556. The highest BCUT2D eigenvalue weighted by molar-refractivity contribution is 5.87. The SMILES string of the molecule is CCC1CCC(N(C)C(=O)Cc2ccc(C(=O)O)cc2)CC1. The molecule has 1 aromatic rings. The van der Waals surface area contributed by atoms with Gasteiger partial charge in [0.05, 0.1) is 12.0 Å². The Morgan fingerprint density at radius 3 is 2.23 bits per heavy atom. The first kappa shape index (κ1) is 16.5. The lowest BCUT2D eigenvalue weighted by Crippen LogP contribution is -2.40. The van der Waals surface area contributed by atoms with Crippen LogP contribution >= 0.6 is 0 Å². The second-order valence-electron chi connectivity index (χ2n) is 6.27.